The van der Waals surface area contributed by atoms with Crippen LogP contribution in [-0.2, 0) is 11.3 Å². The molecular formula is C13H16N2O. The average Bonchev–Trinajstić information content (AvgIpc) is 2.32. The molecule has 0 aliphatic carbocycles. The highest BCUT2D eigenvalue weighted by Gasteiger charge is 2.47. The molecule has 1 aromatic carbocycles. The molecule has 2 unspecified atom stereocenters. The minimum absolute atomic E-state index is 0.155. The van der Waals surface area contributed by atoms with Gasteiger partial charge in [0.15, 0.2) is 0 Å². The van der Waals surface area contributed by atoms with Crippen molar-refractivity contribution in [3.63, 3.8) is 0 Å². The number of nitrogens with zero attached hydrogens (tertiary/aromatic N) is 2. The molecule has 3 fully saturated rings. The van der Waals surface area contributed by atoms with E-state index in [1.54, 1.807) is 0 Å². The summed E-state index contributed by atoms with van der Waals surface area (Å²) in [6.45, 7) is 1.65. The van der Waals surface area contributed by atoms with Gasteiger partial charge in [0.05, 0.1) is 6.04 Å². The van der Waals surface area contributed by atoms with Gasteiger partial charge in [-0.15, -0.1) is 0 Å². The lowest BCUT2D eigenvalue weighted by molar-refractivity contribution is -0.157. The normalized spacial score (nSPS) is 29.1. The molecule has 2 atom stereocenters. The summed E-state index contributed by atoms with van der Waals surface area (Å²) >= 11 is 0. The van der Waals surface area contributed by atoms with Crippen LogP contribution in [0.25, 0.3) is 0 Å². The molecular weight excluding hydrogens is 200 g/mol. The molecule has 3 nitrogen and oxygen atoms in total. The molecule has 3 heteroatoms. The number of fused-ring (bicyclic) bond motifs is 2. The Morgan fingerprint density at radius 2 is 2.06 bits per heavy atom. The number of rotatable bonds is 2. The van der Waals surface area contributed by atoms with E-state index in [0.717, 1.165) is 19.5 Å². The molecule has 3 saturated heterocycles. The van der Waals surface area contributed by atoms with Crippen LogP contribution in [0.3, 0.4) is 0 Å². The van der Waals surface area contributed by atoms with E-state index in [9.17, 15) is 4.79 Å². The van der Waals surface area contributed by atoms with Crippen molar-refractivity contribution >= 4 is 5.91 Å². The van der Waals surface area contributed by atoms with Crippen molar-refractivity contribution in [2.24, 2.45) is 0 Å². The number of likely N-dealkylation sites (N-methyl/N-ethyl adjacent to an activating group) is 1. The fourth-order valence-electron chi connectivity index (χ4n) is 2.69. The minimum atomic E-state index is 0.155. The van der Waals surface area contributed by atoms with Crippen molar-refractivity contribution in [2.75, 3.05) is 13.6 Å². The monoisotopic (exact) mass is 216 g/mol. The van der Waals surface area contributed by atoms with E-state index >= 15 is 0 Å². The van der Waals surface area contributed by atoms with Crippen molar-refractivity contribution in [3.8, 4) is 0 Å². The van der Waals surface area contributed by atoms with Crippen LogP contribution >= 0.6 is 0 Å². The molecule has 1 amide bonds. The predicted octanol–water partition coefficient (Wildman–Crippen LogP) is 1.10. The number of piperidine rings is 1. The molecule has 0 N–H and O–H groups in total. The van der Waals surface area contributed by atoms with Crippen LogP contribution in [0, 0.1) is 0 Å². The Labute approximate surface area is 95.7 Å². The van der Waals surface area contributed by atoms with E-state index in [4.69, 9.17) is 0 Å². The zero-order chi connectivity index (χ0) is 11.1. The van der Waals surface area contributed by atoms with Gasteiger partial charge in [-0.1, -0.05) is 30.3 Å². The zero-order valence-electron chi connectivity index (χ0n) is 9.47. The number of benzene rings is 1. The Balaban J connectivity index is 1.71. The van der Waals surface area contributed by atoms with Crippen LogP contribution in [0.5, 0.6) is 0 Å². The maximum absolute atomic E-state index is 12.1. The van der Waals surface area contributed by atoms with Gasteiger partial charge in [0.25, 0.3) is 0 Å². The number of carbonyl (C=O) groups excluding carboxylic acids is 1. The van der Waals surface area contributed by atoms with Gasteiger partial charge >= 0.3 is 0 Å². The molecule has 2 bridgehead atoms. The Bertz CT molecular complexity index is 404. The maximum Gasteiger partial charge on any atom is 0.240 e. The van der Waals surface area contributed by atoms with Crippen LogP contribution < -0.4 is 0 Å². The van der Waals surface area contributed by atoms with E-state index in [0.29, 0.717) is 11.9 Å². The molecule has 16 heavy (non-hydrogen) atoms. The van der Waals surface area contributed by atoms with Crippen LogP contribution in [0.2, 0.25) is 0 Å². The third kappa shape index (κ3) is 1.43. The van der Waals surface area contributed by atoms with E-state index in [1.165, 1.54) is 5.56 Å². The van der Waals surface area contributed by atoms with Crippen LogP contribution in [0.15, 0.2) is 30.3 Å². The van der Waals surface area contributed by atoms with Crippen molar-refractivity contribution in [2.45, 2.75) is 25.0 Å². The number of hydrogen-bond acceptors (Lipinski definition) is 2. The molecule has 3 aliphatic heterocycles. The lowest BCUT2D eigenvalue weighted by Crippen LogP contribution is -2.69. The average molecular weight is 216 g/mol. The van der Waals surface area contributed by atoms with Gasteiger partial charge in [-0.3, -0.25) is 9.69 Å². The fraction of sp³-hybridized carbons (Fsp3) is 0.462. The number of piperazine rings is 1. The van der Waals surface area contributed by atoms with Gasteiger partial charge in [-0.2, -0.15) is 0 Å². The summed E-state index contributed by atoms with van der Waals surface area (Å²) < 4.78 is 0. The van der Waals surface area contributed by atoms with Crippen molar-refractivity contribution in [1.29, 1.82) is 0 Å². The summed E-state index contributed by atoms with van der Waals surface area (Å²) in [5, 5.41) is 0. The topological polar surface area (TPSA) is 23.6 Å². The Kier molecular flexibility index (Phi) is 2.21. The van der Waals surface area contributed by atoms with E-state index in [2.05, 4.69) is 24.1 Å². The molecule has 1 aromatic rings. The van der Waals surface area contributed by atoms with Gasteiger partial charge < -0.3 is 4.90 Å². The second-order valence-corrected chi connectivity index (χ2v) is 4.78. The quantitative estimate of drug-likeness (QED) is 0.739. The first kappa shape index (κ1) is 9.85. The molecule has 84 valence electrons. The maximum atomic E-state index is 12.1. The van der Waals surface area contributed by atoms with Crippen molar-refractivity contribution in [3.05, 3.63) is 35.9 Å². The minimum Gasteiger partial charge on any atom is -0.335 e. The zero-order valence-corrected chi connectivity index (χ0v) is 9.47. The molecule has 0 aromatic heterocycles. The number of amides is 1. The Hall–Kier alpha value is -1.35. The van der Waals surface area contributed by atoms with Crippen LogP contribution in [0.1, 0.15) is 12.0 Å². The summed E-state index contributed by atoms with van der Waals surface area (Å²) in [6.07, 6.45) is 1.06. The second-order valence-electron chi connectivity index (χ2n) is 4.78. The largest absolute Gasteiger partial charge is 0.335 e. The van der Waals surface area contributed by atoms with Crippen molar-refractivity contribution < 1.29 is 4.79 Å². The van der Waals surface area contributed by atoms with Crippen LogP contribution in [-0.4, -0.2) is 41.4 Å². The summed E-state index contributed by atoms with van der Waals surface area (Å²) in [6, 6.07) is 11.0. The standard InChI is InChI=1S/C13H16N2O/c1-14-11-7-12(14)13(16)15(9-11)8-10-5-3-2-4-6-10/h2-6,11-12H,7-9H2,1H3. The highest BCUT2D eigenvalue weighted by atomic mass is 16.2. The second kappa shape index (κ2) is 3.59. The first-order chi connectivity index (χ1) is 7.75. The van der Waals surface area contributed by atoms with Gasteiger partial charge in [0.1, 0.15) is 0 Å². The summed E-state index contributed by atoms with van der Waals surface area (Å²) in [5.41, 5.74) is 1.22. The van der Waals surface area contributed by atoms with Crippen molar-refractivity contribution in [1.82, 2.24) is 9.80 Å². The first-order valence-electron chi connectivity index (χ1n) is 5.80. The molecule has 4 rings (SSSR count). The molecule has 0 radical (unpaired) electrons. The van der Waals surface area contributed by atoms with Gasteiger partial charge in [0.2, 0.25) is 5.91 Å². The van der Waals surface area contributed by atoms with Gasteiger partial charge in [-0.05, 0) is 19.0 Å². The fourth-order valence-corrected chi connectivity index (χ4v) is 2.69. The van der Waals surface area contributed by atoms with E-state index in [-0.39, 0.29) is 6.04 Å². The predicted molar refractivity (Wildman–Crippen MR) is 61.8 cm³/mol. The summed E-state index contributed by atoms with van der Waals surface area (Å²) in [4.78, 5) is 16.3. The van der Waals surface area contributed by atoms with Crippen LogP contribution in [0.4, 0.5) is 0 Å². The highest BCUT2D eigenvalue weighted by molar-refractivity contribution is 5.84. The molecule has 0 saturated carbocycles. The first-order valence-corrected chi connectivity index (χ1v) is 5.80. The Morgan fingerprint density at radius 1 is 1.31 bits per heavy atom. The lowest BCUT2D eigenvalue weighted by atomic mass is 9.87. The molecule has 3 aliphatic rings. The van der Waals surface area contributed by atoms with E-state index < -0.39 is 0 Å². The number of carbonyl (C=O) groups is 1. The van der Waals surface area contributed by atoms with E-state index in [1.807, 2.05) is 23.1 Å². The van der Waals surface area contributed by atoms with Gasteiger partial charge in [0, 0.05) is 19.1 Å². The molecule has 0 spiro atoms. The molecule has 3 heterocycles. The summed E-state index contributed by atoms with van der Waals surface area (Å²) in [7, 11) is 2.05. The summed E-state index contributed by atoms with van der Waals surface area (Å²) in [5.74, 6) is 0.300. The number of hydrogen-bond donors (Lipinski definition) is 0. The third-order valence-corrected chi connectivity index (χ3v) is 3.81. The van der Waals surface area contributed by atoms with Gasteiger partial charge in [-0.25, -0.2) is 0 Å². The lowest BCUT2D eigenvalue weighted by Gasteiger charge is -2.53. The SMILES string of the molecule is CN1C2CC1C(=O)N(Cc1ccccc1)C2. The smallest absolute Gasteiger partial charge is 0.240 e. The highest BCUT2D eigenvalue weighted by Crippen LogP contribution is 2.31. The Morgan fingerprint density at radius 3 is 2.69 bits per heavy atom. The third-order valence-electron chi connectivity index (χ3n) is 3.81.